The predicted molar refractivity (Wildman–Crippen MR) is 127 cm³/mol. The number of rotatable bonds is 9. The highest BCUT2D eigenvalue weighted by molar-refractivity contribution is 7.99. The Labute approximate surface area is 193 Å². The lowest BCUT2D eigenvalue weighted by Gasteiger charge is -2.18. The standard InChI is InChI=1S/C24H30FN5OS/c1-6-16(2)18-7-11-20(12-8-18)26-22(31)15-32-24-28-27-23(17(3)29(4)5)30(24)21-13-9-19(25)10-14-21/h7-14,16-17H,6,15H2,1-5H3,(H,26,31)/p+1/t16-,17-/m0/s1. The number of hydrogen-bond donors (Lipinski definition) is 2. The summed E-state index contributed by atoms with van der Waals surface area (Å²) in [5.41, 5.74) is 2.80. The smallest absolute Gasteiger partial charge is 0.234 e. The zero-order valence-corrected chi connectivity index (χ0v) is 20.0. The highest BCUT2D eigenvalue weighted by Crippen LogP contribution is 2.25. The van der Waals surface area contributed by atoms with E-state index in [-0.39, 0.29) is 23.5 Å². The number of thioether (sulfide) groups is 1. The third kappa shape index (κ3) is 5.75. The lowest BCUT2D eigenvalue weighted by molar-refractivity contribution is -0.890. The van der Waals surface area contributed by atoms with E-state index in [4.69, 9.17) is 0 Å². The van der Waals surface area contributed by atoms with Crippen molar-refractivity contribution in [1.29, 1.82) is 0 Å². The Morgan fingerprint density at radius 1 is 1.09 bits per heavy atom. The summed E-state index contributed by atoms with van der Waals surface area (Å²) in [4.78, 5) is 13.7. The normalized spacial score (nSPS) is 13.2. The van der Waals surface area contributed by atoms with Crippen LogP contribution in [0, 0.1) is 5.82 Å². The first-order valence-electron chi connectivity index (χ1n) is 10.8. The van der Waals surface area contributed by atoms with Crippen LogP contribution >= 0.6 is 11.8 Å². The maximum absolute atomic E-state index is 13.5. The molecule has 0 spiro atoms. The zero-order valence-electron chi connectivity index (χ0n) is 19.2. The summed E-state index contributed by atoms with van der Waals surface area (Å²) in [6.45, 7) is 6.41. The van der Waals surface area contributed by atoms with E-state index >= 15 is 0 Å². The molecule has 0 unspecified atom stereocenters. The minimum absolute atomic E-state index is 0.0692. The summed E-state index contributed by atoms with van der Waals surface area (Å²) in [5, 5.41) is 12.2. The number of benzene rings is 2. The minimum atomic E-state index is -0.303. The van der Waals surface area contributed by atoms with E-state index in [0.29, 0.717) is 11.1 Å². The van der Waals surface area contributed by atoms with Crippen molar-refractivity contribution in [1.82, 2.24) is 14.8 Å². The molecule has 1 amide bonds. The van der Waals surface area contributed by atoms with Gasteiger partial charge >= 0.3 is 0 Å². The number of quaternary nitrogens is 1. The van der Waals surface area contributed by atoms with Crippen LogP contribution in [0.4, 0.5) is 10.1 Å². The van der Waals surface area contributed by atoms with E-state index in [0.717, 1.165) is 23.6 Å². The fourth-order valence-corrected chi connectivity index (χ4v) is 3.96. The third-order valence-corrected chi connectivity index (χ3v) is 6.63. The molecule has 2 N–H and O–H groups in total. The first kappa shape index (κ1) is 23.9. The van der Waals surface area contributed by atoms with Gasteiger partial charge in [-0.2, -0.15) is 0 Å². The van der Waals surface area contributed by atoms with Crippen molar-refractivity contribution in [2.24, 2.45) is 0 Å². The van der Waals surface area contributed by atoms with Crippen LogP contribution in [0.25, 0.3) is 5.69 Å². The van der Waals surface area contributed by atoms with Gasteiger partial charge in [0, 0.05) is 11.4 Å². The third-order valence-electron chi connectivity index (χ3n) is 5.70. The van der Waals surface area contributed by atoms with Crippen LogP contribution in [0.5, 0.6) is 0 Å². The largest absolute Gasteiger partial charge is 0.331 e. The van der Waals surface area contributed by atoms with E-state index in [1.165, 1.54) is 34.4 Å². The molecule has 32 heavy (non-hydrogen) atoms. The highest BCUT2D eigenvalue weighted by atomic mass is 32.2. The molecule has 3 aromatic rings. The Hall–Kier alpha value is -2.71. The number of hydrogen-bond acceptors (Lipinski definition) is 4. The molecule has 8 heteroatoms. The number of nitrogens with one attached hydrogen (secondary N) is 2. The topological polar surface area (TPSA) is 64.2 Å². The van der Waals surface area contributed by atoms with Crippen molar-refractivity contribution in [2.45, 2.75) is 44.3 Å². The molecule has 0 bridgehead atoms. The molecule has 0 radical (unpaired) electrons. The molecule has 1 heterocycles. The average Bonchev–Trinajstić information content (AvgIpc) is 3.21. The van der Waals surface area contributed by atoms with Crippen molar-refractivity contribution in [3.63, 3.8) is 0 Å². The number of halogens is 1. The molecule has 6 nitrogen and oxygen atoms in total. The number of nitrogens with zero attached hydrogens (tertiary/aromatic N) is 3. The molecule has 1 aromatic heterocycles. The number of anilines is 1. The van der Waals surface area contributed by atoms with Gasteiger partial charge in [0.1, 0.15) is 11.9 Å². The number of carbonyl (C=O) groups excluding carboxylic acids is 1. The molecule has 2 aromatic carbocycles. The maximum Gasteiger partial charge on any atom is 0.234 e. The van der Waals surface area contributed by atoms with Crippen LogP contribution in [0.3, 0.4) is 0 Å². The molecule has 2 atom stereocenters. The van der Waals surface area contributed by atoms with Crippen molar-refractivity contribution in [3.8, 4) is 5.69 Å². The van der Waals surface area contributed by atoms with Crippen LogP contribution < -0.4 is 10.2 Å². The molecule has 0 aliphatic rings. The molecule has 170 valence electrons. The van der Waals surface area contributed by atoms with Gasteiger partial charge in [-0.05, 0) is 61.2 Å². The van der Waals surface area contributed by atoms with Gasteiger partial charge in [0.05, 0.1) is 19.8 Å². The zero-order chi connectivity index (χ0) is 23.3. The monoisotopic (exact) mass is 456 g/mol. The maximum atomic E-state index is 13.5. The summed E-state index contributed by atoms with van der Waals surface area (Å²) in [6.07, 6.45) is 1.08. The Balaban J connectivity index is 1.74. The molecule has 0 fully saturated rings. The first-order chi connectivity index (χ1) is 15.3. The molecule has 3 rings (SSSR count). The molecule has 0 aliphatic heterocycles. The van der Waals surface area contributed by atoms with Crippen molar-refractivity contribution < 1.29 is 14.1 Å². The van der Waals surface area contributed by atoms with Crippen LogP contribution in [-0.2, 0) is 4.79 Å². The number of amides is 1. The second-order valence-electron chi connectivity index (χ2n) is 8.22. The van der Waals surface area contributed by atoms with Crippen LogP contribution in [0.1, 0.15) is 50.5 Å². The summed E-state index contributed by atoms with van der Waals surface area (Å²) >= 11 is 1.31. The molecule has 0 aliphatic carbocycles. The lowest BCUT2D eigenvalue weighted by atomic mass is 9.99. The van der Waals surface area contributed by atoms with Crippen molar-refractivity contribution in [3.05, 3.63) is 65.7 Å². The summed E-state index contributed by atoms with van der Waals surface area (Å²) < 4.78 is 15.4. The van der Waals surface area contributed by atoms with Gasteiger partial charge in [-0.25, -0.2) is 4.39 Å². The Bertz CT molecular complexity index is 1030. The fourth-order valence-electron chi connectivity index (χ4n) is 3.20. The van der Waals surface area contributed by atoms with Gasteiger partial charge < -0.3 is 10.2 Å². The Kier molecular flexibility index (Phi) is 8.04. The minimum Gasteiger partial charge on any atom is -0.331 e. The average molecular weight is 457 g/mol. The van der Waals surface area contributed by atoms with Crippen molar-refractivity contribution >= 4 is 23.4 Å². The van der Waals surface area contributed by atoms with Crippen LogP contribution in [0.15, 0.2) is 53.7 Å². The molecule has 0 saturated carbocycles. The van der Waals surface area contributed by atoms with Gasteiger partial charge in [-0.3, -0.25) is 9.36 Å². The van der Waals surface area contributed by atoms with E-state index in [2.05, 4.69) is 48.4 Å². The van der Waals surface area contributed by atoms with Gasteiger partial charge in [-0.15, -0.1) is 10.2 Å². The number of carbonyl (C=O) groups is 1. The first-order valence-corrected chi connectivity index (χ1v) is 11.8. The second kappa shape index (κ2) is 10.7. The summed E-state index contributed by atoms with van der Waals surface area (Å²) in [5.74, 6) is 1.03. The van der Waals surface area contributed by atoms with E-state index in [9.17, 15) is 9.18 Å². The van der Waals surface area contributed by atoms with Gasteiger partial charge in [0.25, 0.3) is 0 Å². The Morgan fingerprint density at radius 2 is 1.75 bits per heavy atom. The second-order valence-corrected chi connectivity index (χ2v) is 9.16. The van der Waals surface area contributed by atoms with E-state index < -0.39 is 0 Å². The van der Waals surface area contributed by atoms with Crippen LogP contribution in [-0.4, -0.2) is 40.5 Å². The molecular weight excluding hydrogens is 425 g/mol. The van der Waals surface area contributed by atoms with Crippen LogP contribution in [0.2, 0.25) is 0 Å². The number of aromatic nitrogens is 3. The van der Waals surface area contributed by atoms with Gasteiger partial charge in [0.2, 0.25) is 5.91 Å². The summed E-state index contributed by atoms with van der Waals surface area (Å²) in [6, 6.07) is 14.3. The van der Waals surface area contributed by atoms with Crippen molar-refractivity contribution in [2.75, 3.05) is 25.2 Å². The van der Waals surface area contributed by atoms with Gasteiger partial charge in [-0.1, -0.05) is 37.7 Å². The quantitative estimate of drug-likeness (QED) is 0.480. The fraction of sp³-hybridized carbons (Fsp3) is 0.375. The van der Waals surface area contributed by atoms with E-state index in [1.54, 1.807) is 12.1 Å². The van der Waals surface area contributed by atoms with Gasteiger partial charge in [0.15, 0.2) is 11.0 Å². The Morgan fingerprint density at radius 3 is 2.34 bits per heavy atom. The lowest BCUT2D eigenvalue weighted by Crippen LogP contribution is -3.05. The summed E-state index contributed by atoms with van der Waals surface area (Å²) in [7, 11) is 4.09. The molecular formula is C24H31FN5OS+. The van der Waals surface area contributed by atoms with E-state index in [1.807, 2.05) is 30.8 Å². The highest BCUT2D eigenvalue weighted by Gasteiger charge is 2.24. The molecule has 0 saturated heterocycles. The SMILES string of the molecule is CC[C@H](C)c1ccc(NC(=O)CSc2nnc([C@H](C)[NH+](C)C)n2-c2ccc(F)cc2)cc1. The predicted octanol–water partition coefficient (Wildman–Crippen LogP) is 3.86.